The molecule has 174 valence electrons. The number of hydrogen-bond acceptors (Lipinski definition) is 5. The zero-order chi connectivity index (χ0) is 23.0. The van der Waals surface area contributed by atoms with Gasteiger partial charge in [-0.1, -0.05) is 0 Å². The molecule has 0 radical (unpaired) electrons. The third-order valence-electron chi connectivity index (χ3n) is 6.42. The van der Waals surface area contributed by atoms with Gasteiger partial charge in [-0.3, -0.25) is 14.8 Å². The minimum absolute atomic E-state index is 0.139. The van der Waals surface area contributed by atoms with E-state index in [1.165, 1.54) is 11.1 Å². The summed E-state index contributed by atoms with van der Waals surface area (Å²) >= 11 is 0. The molecule has 2 aliphatic heterocycles. The molecule has 0 aliphatic carbocycles. The van der Waals surface area contributed by atoms with Crippen molar-refractivity contribution in [1.82, 2.24) is 19.4 Å². The van der Waals surface area contributed by atoms with Gasteiger partial charge in [0.2, 0.25) is 0 Å². The molecule has 2 N–H and O–H groups in total. The lowest BCUT2D eigenvalue weighted by Gasteiger charge is -2.42. The number of benzene rings is 1. The SMILES string of the molecule is Cc1cc2c(cc1CN1CCN(C(C)(C)C)CC1)-c1nc(C(N)=NC(C)C)cn1CCO2. The van der Waals surface area contributed by atoms with Crippen molar-refractivity contribution in [3.63, 3.8) is 0 Å². The van der Waals surface area contributed by atoms with Crippen molar-refractivity contribution in [1.29, 1.82) is 0 Å². The highest BCUT2D eigenvalue weighted by atomic mass is 16.5. The molecule has 0 bridgehead atoms. The molecule has 7 nitrogen and oxygen atoms in total. The van der Waals surface area contributed by atoms with Crippen LogP contribution in [-0.2, 0) is 13.1 Å². The number of nitrogens with two attached hydrogens (primary N) is 1. The summed E-state index contributed by atoms with van der Waals surface area (Å²) < 4.78 is 8.23. The molecule has 3 heterocycles. The van der Waals surface area contributed by atoms with Crippen LogP contribution in [0.3, 0.4) is 0 Å². The molecule has 1 aromatic heterocycles. The number of piperazine rings is 1. The molecule has 0 saturated carbocycles. The summed E-state index contributed by atoms with van der Waals surface area (Å²) in [6.45, 7) is 19.8. The van der Waals surface area contributed by atoms with Gasteiger partial charge in [0.25, 0.3) is 0 Å². The quantitative estimate of drug-likeness (QED) is 0.586. The Morgan fingerprint density at radius 1 is 1.16 bits per heavy atom. The Morgan fingerprint density at radius 3 is 2.53 bits per heavy atom. The summed E-state index contributed by atoms with van der Waals surface area (Å²) in [4.78, 5) is 14.5. The van der Waals surface area contributed by atoms with Crippen LogP contribution in [0.4, 0.5) is 0 Å². The predicted molar refractivity (Wildman–Crippen MR) is 130 cm³/mol. The number of rotatable bonds is 4. The number of nitrogens with zero attached hydrogens (tertiary/aromatic N) is 5. The lowest BCUT2D eigenvalue weighted by molar-refractivity contribution is 0.0590. The van der Waals surface area contributed by atoms with Gasteiger partial charge in [0.1, 0.15) is 29.7 Å². The van der Waals surface area contributed by atoms with Crippen LogP contribution in [0.25, 0.3) is 11.4 Å². The lowest BCUT2D eigenvalue weighted by Crippen LogP contribution is -2.53. The van der Waals surface area contributed by atoms with Gasteiger partial charge in [-0.05, 0) is 64.8 Å². The maximum Gasteiger partial charge on any atom is 0.146 e. The van der Waals surface area contributed by atoms with Gasteiger partial charge in [0.15, 0.2) is 0 Å². The summed E-state index contributed by atoms with van der Waals surface area (Å²) in [5, 5.41) is 0. The average Bonchev–Trinajstić information content (AvgIpc) is 3.06. The molecule has 1 saturated heterocycles. The van der Waals surface area contributed by atoms with E-state index in [0.717, 1.165) is 62.1 Å². The largest absolute Gasteiger partial charge is 0.491 e. The normalized spacial score (nSPS) is 18.3. The van der Waals surface area contributed by atoms with E-state index in [4.69, 9.17) is 15.5 Å². The molecule has 7 heteroatoms. The van der Waals surface area contributed by atoms with E-state index < -0.39 is 0 Å². The van der Waals surface area contributed by atoms with Crippen LogP contribution >= 0.6 is 0 Å². The minimum atomic E-state index is 0.139. The molecule has 0 amide bonds. The van der Waals surface area contributed by atoms with Crippen LogP contribution in [0.1, 0.15) is 51.4 Å². The Bertz CT molecular complexity index is 993. The number of hydrogen-bond donors (Lipinski definition) is 1. The summed E-state index contributed by atoms with van der Waals surface area (Å²) in [6, 6.07) is 4.58. The van der Waals surface area contributed by atoms with Crippen molar-refractivity contribution in [3.05, 3.63) is 35.2 Å². The fraction of sp³-hybridized carbons (Fsp3) is 0.600. The van der Waals surface area contributed by atoms with E-state index in [0.29, 0.717) is 12.4 Å². The first-order chi connectivity index (χ1) is 15.1. The Morgan fingerprint density at radius 2 is 1.88 bits per heavy atom. The monoisotopic (exact) mass is 438 g/mol. The number of aryl methyl sites for hydroxylation is 1. The third-order valence-corrected chi connectivity index (χ3v) is 6.42. The van der Waals surface area contributed by atoms with Gasteiger partial charge in [-0.2, -0.15) is 0 Å². The molecule has 4 rings (SSSR count). The number of ether oxygens (including phenoxy) is 1. The van der Waals surface area contributed by atoms with E-state index in [1.54, 1.807) is 0 Å². The molecule has 0 atom stereocenters. The highest BCUT2D eigenvalue weighted by molar-refractivity contribution is 5.96. The molecular formula is C25H38N6O. The van der Waals surface area contributed by atoms with Crippen LogP contribution in [0.5, 0.6) is 5.75 Å². The number of amidine groups is 1. The summed E-state index contributed by atoms with van der Waals surface area (Å²) in [6.07, 6.45) is 2.00. The maximum atomic E-state index is 6.22. The molecule has 2 aliphatic rings. The first-order valence-corrected chi connectivity index (χ1v) is 11.8. The van der Waals surface area contributed by atoms with Crippen molar-refractivity contribution in [2.75, 3.05) is 32.8 Å². The molecule has 0 unspecified atom stereocenters. The average molecular weight is 439 g/mol. The molecule has 0 spiro atoms. The van der Waals surface area contributed by atoms with Gasteiger partial charge < -0.3 is 15.0 Å². The van der Waals surface area contributed by atoms with Crippen LogP contribution in [0.15, 0.2) is 23.3 Å². The zero-order valence-corrected chi connectivity index (χ0v) is 20.5. The van der Waals surface area contributed by atoms with Crippen LogP contribution in [-0.4, -0.2) is 69.6 Å². The van der Waals surface area contributed by atoms with E-state index in [2.05, 4.69) is 59.2 Å². The molecule has 1 fully saturated rings. The van der Waals surface area contributed by atoms with E-state index in [-0.39, 0.29) is 11.6 Å². The number of imidazole rings is 1. The number of aromatic nitrogens is 2. The van der Waals surface area contributed by atoms with Crippen molar-refractivity contribution in [2.24, 2.45) is 10.7 Å². The fourth-order valence-corrected chi connectivity index (χ4v) is 4.53. The second-order valence-electron chi connectivity index (χ2n) is 10.3. The van der Waals surface area contributed by atoms with Crippen molar-refractivity contribution < 1.29 is 4.74 Å². The van der Waals surface area contributed by atoms with Gasteiger partial charge in [-0.15, -0.1) is 0 Å². The summed E-state index contributed by atoms with van der Waals surface area (Å²) in [7, 11) is 0. The Hall–Kier alpha value is -2.38. The highest BCUT2D eigenvalue weighted by Crippen LogP contribution is 2.35. The van der Waals surface area contributed by atoms with Crippen LogP contribution in [0.2, 0.25) is 0 Å². The second kappa shape index (κ2) is 8.87. The zero-order valence-electron chi connectivity index (χ0n) is 20.5. The van der Waals surface area contributed by atoms with Gasteiger partial charge in [0, 0.05) is 50.5 Å². The Labute approximate surface area is 192 Å². The van der Waals surface area contributed by atoms with Crippen molar-refractivity contribution >= 4 is 5.84 Å². The van der Waals surface area contributed by atoms with Gasteiger partial charge in [0.05, 0.1) is 12.1 Å². The summed E-state index contributed by atoms with van der Waals surface area (Å²) in [5.41, 5.74) is 10.8. The first-order valence-electron chi connectivity index (χ1n) is 11.8. The second-order valence-corrected chi connectivity index (χ2v) is 10.3. The fourth-order valence-electron chi connectivity index (χ4n) is 4.53. The number of aliphatic imine (C=N–C) groups is 1. The molecular weight excluding hydrogens is 400 g/mol. The molecule has 2 aromatic rings. The van der Waals surface area contributed by atoms with Gasteiger partial charge >= 0.3 is 0 Å². The van der Waals surface area contributed by atoms with E-state index >= 15 is 0 Å². The molecule has 1 aromatic carbocycles. The van der Waals surface area contributed by atoms with E-state index in [9.17, 15) is 0 Å². The van der Waals surface area contributed by atoms with Crippen molar-refractivity contribution in [2.45, 2.75) is 66.2 Å². The Balaban J connectivity index is 1.60. The number of fused-ring (bicyclic) bond motifs is 3. The van der Waals surface area contributed by atoms with Crippen LogP contribution in [0, 0.1) is 6.92 Å². The highest BCUT2D eigenvalue weighted by Gasteiger charge is 2.27. The van der Waals surface area contributed by atoms with Gasteiger partial charge in [-0.25, -0.2) is 4.98 Å². The van der Waals surface area contributed by atoms with Crippen molar-refractivity contribution in [3.8, 4) is 17.1 Å². The van der Waals surface area contributed by atoms with Crippen LogP contribution < -0.4 is 10.5 Å². The smallest absolute Gasteiger partial charge is 0.146 e. The first kappa shape index (κ1) is 22.8. The molecule has 32 heavy (non-hydrogen) atoms. The maximum absolute atomic E-state index is 6.22. The predicted octanol–water partition coefficient (Wildman–Crippen LogP) is 3.28. The van der Waals surface area contributed by atoms with E-state index in [1.807, 2.05) is 20.0 Å². The topological polar surface area (TPSA) is 71.9 Å². The third kappa shape index (κ3) is 4.84. The Kier molecular flexibility index (Phi) is 6.32. The summed E-state index contributed by atoms with van der Waals surface area (Å²) in [5.74, 6) is 2.30. The minimum Gasteiger partial charge on any atom is -0.491 e. The standard InChI is InChI=1S/C25H38N6O/c1-17(2)27-23(26)21-16-30-11-12-32-22-13-18(3)19(14-20(22)24(30)28-21)15-29-7-9-31(10-8-29)25(4,5)6/h13-14,16-17H,7-12,15H2,1-6H3,(H2,26,27). The lowest BCUT2D eigenvalue weighted by atomic mass is 10.0.